The van der Waals surface area contributed by atoms with Gasteiger partial charge in [0.25, 0.3) is 5.91 Å². The minimum Gasteiger partial charge on any atom is -0.357 e. The lowest BCUT2D eigenvalue weighted by molar-refractivity contribution is 0.0948. The fourth-order valence-corrected chi connectivity index (χ4v) is 1.99. The first-order valence-corrected chi connectivity index (χ1v) is 7.57. The highest BCUT2D eigenvalue weighted by Crippen LogP contribution is 2.12. The lowest BCUT2D eigenvalue weighted by atomic mass is 10.2. The summed E-state index contributed by atoms with van der Waals surface area (Å²) >= 11 is 0. The van der Waals surface area contributed by atoms with Gasteiger partial charge in [0.05, 0.1) is 5.56 Å². The Bertz CT molecular complexity index is 395. The van der Waals surface area contributed by atoms with E-state index in [0.29, 0.717) is 18.0 Å². The summed E-state index contributed by atoms with van der Waals surface area (Å²) in [4.78, 5) is 18.6. The molecule has 0 fully saturated rings. The largest absolute Gasteiger partial charge is 0.357 e. The second kappa shape index (κ2) is 8.56. The van der Waals surface area contributed by atoms with Crippen LogP contribution in [0.1, 0.15) is 50.9 Å². The molecule has 1 aromatic rings. The molecule has 1 amide bonds. The van der Waals surface area contributed by atoms with Crippen LogP contribution in [0.25, 0.3) is 0 Å². The molecule has 0 saturated heterocycles. The molecule has 1 aromatic heterocycles. The van der Waals surface area contributed by atoms with E-state index in [9.17, 15) is 4.79 Å². The van der Waals surface area contributed by atoms with Crippen molar-refractivity contribution in [2.24, 2.45) is 5.92 Å². The second-order valence-corrected chi connectivity index (χ2v) is 5.50. The Balaban J connectivity index is 2.69. The van der Waals surface area contributed by atoms with Crippen molar-refractivity contribution >= 4 is 11.7 Å². The quantitative estimate of drug-likeness (QED) is 0.794. The first-order valence-electron chi connectivity index (χ1n) is 7.57. The van der Waals surface area contributed by atoms with Crippen LogP contribution >= 0.6 is 0 Å². The molecule has 112 valence electrons. The van der Waals surface area contributed by atoms with Crippen LogP contribution in [0.2, 0.25) is 0 Å². The second-order valence-electron chi connectivity index (χ2n) is 5.50. The van der Waals surface area contributed by atoms with Gasteiger partial charge in [0.15, 0.2) is 0 Å². The molecular formula is C16H27N3O. The molecule has 1 rings (SSSR count). The predicted molar refractivity (Wildman–Crippen MR) is 84.2 cm³/mol. The number of anilines is 1. The molecule has 20 heavy (non-hydrogen) atoms. The van der Waals surface area contributed by atoms with E-state index in [4.69, 9.17) is 0 Å². The van der Waals surface area contributed by atoms with Crippen LogP contribution < -0.4 is 10.2 Å². The van der Waals surface area contributed by atoms with Crippen LogP contribution in [0.15, 0.2) is 18.3 Å². The van der Waals surface area contributed by atoms with Gasteiger partial charge in [-0.3, -0.25) is 4.79 Å². The van der Waals surface area contributed by atoms with Gasteiger partial charge in [0, 0.05) is 25.8 Å². The smallest absolute Gasteiger partial charge is 0.252 e. The molecule has 0 radical (unpaired) electrons. The zero-order valence-electron chi connectivity index (χ0n) is 13.1. The summed E-state index contributed by atoms with van der Waals surface area (Å²) in [7, 11) is 0. The van der Waals surface area contributed by atoms with E-state index in [1.807, 2.05) is 12.1 Å². The maximum absolute atomic E-state index is 11.9. The Morgan fingerprint density at radius 1 is 1.25 bits per heavy atom. The zero-order chi connectivity index (χ0) is 15.0. The molecule has 0 bridgehead atoms. The molecular weight excluding hydrogens is 250 g/mol. The van der Waals surface area contributed by atoms with Gasteiger partial charge >= 0.3 is 0 Å². The van der Waals surface area contributed by atoms with Crippen LogP contribution in [-0.2, 0) is 0 Å². The highest BCUT2D eigenvalue weighted by Gasteiger charge is 2.09. The maximum atomic E-state index is 11.9. The lowest BCUT2D eigenvalue weighted by Crippen LogP contribution is -2.28. The van der Waals surface area contributed by atoms with Crippen LogP contribution in [0.4, 0.5) is 5.82 Å². The van der Waals surface area contributed by atoms with Crippen molar-refractivity contribution in [3.05, 3.63) is 23.9 Å². The van der Waals surface area contributed by atoms with Gasteiger partial charge in [-0.1, -0.05) is 27.7 Å². The van der Waals surface area contributed by atoms with Crippen LogP contribution in [0, 0.1) is 5.92 Å². The number of rotatable bonds is 8. The molecule has 0 spiro atoms. The monoisotopic (exact) mass is 277 g/mol. The van der Waals surface area contributed by atoms with E-state index >= 15 is 0 Å². The summed E-state index contributed by atoms with van der Waals surface area (Å²) < 4.78 is 0. The molecule has 1 heterocycles. The number of aromatic nitrogens is 1. The number of pyridine rings is 1. The minimum atomic E-state index is -0.0460. The first-order chi connectivity index (χ1) is 9.58. The molecule has 0 aliphatic carbocycles. The third kappa shape index (κ3) is 5.19. The van der Waals surface area contributed by atoms with Gasteiger partial charge in [-0.15, -0.1) is 0 Å². The molecule has 0 aliphatic rings. The predicted octanol–water partition coefficient (Wildman–Crippen LogP) is 3.09. The molecule has 0 aromatic carbocycles. The van der Waals surface area contributed by atoms with Gasteiger partial charge < -0.3 is 10.2 Å². The summed E-state index contributed by atoms with van der Waals surface area (Å²) in [6.45, 7) is 11.2. The molecule has 0 unspecified atom stereocenters. The van der Waals surface area contributed by atoms with Crippen molar-refractivity contribution < 1.29 is 4.79 Å². The Hall–Kier alpha value is -1.58. The van der Waals surface area contributed by atoms with Crippen molar-refractivity contribution in [3.8, 4) is 0 Å². The Labute approximate surface area is 122 Å². The van der Waals surface area contributed by atoms with Gasteiger partial charge in [-0.2, -0.15) is 0 Å². The number of hydrogen-bond donors (Lipinski definition) is 1. The van der Waals surface area contributed by atoms with Crippen molar-refractivity contribution in [1.82, 2.24) is 10.3 Å². The molecule has 1 N–H and O–H groups in total. The van der Waals surface area contributed by atoms with Gasteiger partial charge in [0.2, 0.25) is 0 Å². The Morgan fingerprint density at radius 3 is 2.35 bits per heavy atom. The fraction of sp³-hybridized carbons (Fsp3) is 0.625. The summed E-state index contributed by atoms with van der Waals surface area (Å²) in [6, 6.07) is 3.80. The average Bonchev–Trinajstić information content (AvgIpc) is 2.44. The van der Waals surface area contributed by atoms with Crippen molar-refractivity contribution in [1.29, 1.82) is 0 Å². The van der Waals surface area contributed by atoms with Gasteiger partial charge in [-0.05, 0) is 30.9 Å². The number of hydrogen-bond acceptors (Lipinski definition) is 3. The number of nitrogens with zero attached hydrogens (tertiary/aromatic N) is 2. The highest BCUT2D eigenvalue weighted by atomic mass is 16.1. The average molecular weight is 277 g/mol. The van der Waals surface area contributed by atoms with Gasteiger partial charge in [0.1, 0.15) is 5.82 Å². The highest BCUT2D eigenvalue weighted by molar-refractivity contribution is 5.94. The van der Waals surface area contributed by atoms with Crippen molar-refractivity contribution in [3.63, 3.8) is 0 Å². The number of amides is 1. The van der Waals surface area contributed by atoms with Crippen molar-refractivity contribution in [2.45, 2.75) is 40.5 Å². The SMILES string of the molecule is CCCN(CCC)c1ccc(C(=O)NCC(C)C)cn1. The summed E-state index contributed by atoms with van der Waals surface area (Å²) in [5.74, 6) is 1.36. The maximum Gasteiger partial charge on any atom is 0.252 e. The van der Waals surface area contributed by atoms with Crippen LogP contribution in [0.5, 0.6) is 0 Å². The fourth-order valence-electron chi connectivity index (χ4n) is 1.99. The summed E-state index contributed by atoms with van der Waals surface area (Å²) in [6.07, 6.45) is 3.86. The zero-order valence-corrected chi connectivity index (χ0v) is 13.1. The topological polar surface area (TPSA) is 45.2 Å². The molecule has 4 nitrogen and oxygen atoms in total. The molecule has 0 saturated carbocycles. The molecule has 0 atom stereocenters. The minimum absolute atomic E-state index is 0.0460. The van der Waals surface area contributed by atoms with E-state index in [1.54, 1.807) is 6.20 Å². The van der Waals surface area contributed by atoms with Crippen LogP contribution in [-0.4, -0.2) is 30.5 Å². The molecule has 0 aliphatic heterocycles. The first kappa shape index (κ1) is 16.5. The van der Waals surface area contributed by atoms with E-state index in [1.165, 1.54) is 0 Å². The van der Waals surface area contributed by atoms with Crippen molar-refractivity contribution in [2.75, 3.05) is 24.5 Å². The Morgan fingerprint density at radius 2 is 1.90 bits per heavy atom. The number of carbonyl (C=O) groups excluding carboxylic acids is 1. The van der Waals surface area contributed by atoms with E-state index in [0.717, 1.165) is 31.7 Å². The lowest BCUT2D eigenvalue weighted by Gasteiger charge is -2.22. The van der Waals surface area contributed by atoms with E-state index in [-0.39, 0.29) is 5.91 Å². The normalized spacial score (nSPS) is 10.7. The Kier molecular flexibility index (Phi) is 7.05. The van der Waals surface area contributed by atoms with Gasteiger partial charge in [-0.25, -0.2) is 4.98 Å². The number of carbonyl (C=O) groups is 1. The summed E-state index contributed by atoms with van der Waals surface area (Å²) in [5.41, 5.74) is 0.627. The van der Waals surface area contributed by atoms with Crippen LogP contribution in [0.3, 0.4) is 0 Å². The summed E-state index contributed by atoms with van der Waals surface area (Å²) in [5, 5.41) is 2.90. The third-order valence-electron chi connectivity index (χ3n) is 2.99. The van der Waals surface area contributed by atoms with E-state index < -0.39 is 0 Å². The standard InChI is InChI=1S/C16H27N3O/c1-5-9-19(10-6-2)15-8-7-14(12-17-15)16(20)18-11-13(3)4/h7-8,12-13H,5-6,9-11H2,1-4H3,(H,18,20). The molecule has 4 heteroatoms. The number of nitrogens with one attached hydrogen (secondary N) is 1. The third-order valence-corrected chi connectivity index (χ3v) is 2.99. The van der Waals surface area contributed by atoms with E-state index in [2.05, 4.69) is 42.9 Å².